The highest BCUT2D eigenvalue weighted by atomic mass is 16.7. The Hall–Kier alpha value is -2.54. The standard InChI is InChI=1S/C18H22N2O5/c1-5-24-14-10-13(11-6-8-12(23-4)9-7-11)15-16(21)19(2)18(22)20(3)17(15)25-14/h6-9,13-14H,5,10H2,1-4H3/t13-,14+/m1/s1. The van der Waals surface area contributed by atoms with Crippen molar-refractivity contribution in [3.8, 4) is 11.6 Å². The first-order valence-electron chi connectivity index (χ1n) is 8.20. The van der Waals surface area contributed by atoms with Crippen LogP contribution < -0.4 is 20.7 Å². The van der Waals surface area contributed by atoms with E-state index in [1.54, 1.807) is 14.2 Å². The lowest BCUT2D eigenvalue weighted by atomic mass is 9.87. The van der Waals surface area contributed by atoms with Crippen LogP contribution in [0.2, 0.25) is 0 Å². The first-order valence-corrected chi connectivity index (χ1v) is 8.20. The second-order valence-corrected chi connectivity index (χ2v) is 5.99. The topological polar surface area (TPSA) is 71.7 Å². The van der Waals surface area contributed by atoms with Crippen molar-refractivity contribution in [2.24, 2.45) is 14.1 Å². The maximum absolute atomic E-state index is 12.8. The summed E-state index contributed by atoms with van der Waals surface area (Å²) in [5.41, 5.74) is 0.666. The van der Waals surface area contributed by atoms with E-state index in [1.165, 1.54) is 11.6 Å². The molecule has 2 atom stereocenters. The van der Waals surface area contributed by atoms with Crippen LogP contribution in [-0.2, 0) is 18.8 Å². The third-order valence-corrected chi connectivity index (χ3v) is 4.53. The summed E-state index contributed by atoms with van der Waals surface area (Å²) in [6, 6.07) is 7.55. The molecule has 134 valence electrons. The Morgan fingerprint density at radius 1 is 1.16 bits per heavy atom. The Morgan fingerprint density at radius 3 is 2.44 bits per heavy atom. The van der Waals surface area contributed by atoms with Crippen LogP contribution >= 0.6 is 0 Å². The number of fused-ring (bicyclic) bond motifs is 1. The van der Waals surface area contributed by atoms with Crippen LogP contribution in [0.15, 0.2) is 33.9 Å². The molecule has 2 heterocycles. The molecule has 0 radical (unpaired) electrons. The average molecular weight is 346 g/mol. The predicted molar refractivity (Wildman–Crippen MR) is 92.4 cm³/mol. The Balaban J connectivity index is 2.19. The van der Waals surface area contributed by atoms with Crippen LogP contribution in [0.5, 0.6) is 11.6 Å². The average Bonchev–Trinajstić information content (AvgIpc) is 2.64. The van der Waals surface area contributed by atoms with Gasteiger partial charge in [-0.1, -0.05) is 12.1 Å². The molecule has 0 spiro atoms. The molecule has 1 aromatic heterocycles. The van der Waals surface area contributed by atoms with Gasteiger partial charge >= 0.3 is 5.69 Å². The molecule has 0 saturated carbocycles. The fourth-order valence-electron chi connectivity index (χ4n) is 3.20. The zero-order valence-electron chi connectivity index (χ0n) is 14.8. The van der Waals surface area contributed by atoms with E-state index in [9.17, 15) is 9.59 Å². The minimum atomic E-state index is -0.512. The van der Waals surface area contributed by atoms with Crippen LogP contribution in [0.3, 0.4) is 0 Å². The molecule has 0 amide bonds. The Kier molecular flexibility index (Phi) is 4.67. The predicted octanol–water partition coefficient (Wildman–Crippen LogP) is 1.37. The van der Waals surface area contributed by atoms with Gasteiger partial charge in [-0.15, -0.1) is 0 Å². The SMILES string of the molecule is CCO[C@@H]1C[C@H](c2ccc(OC)cc2)c2c(n(C)c(=O)n(C)c2=O)O1. The van der Waals surface area contributed by atoms with Gasteiger partial charge in [0.15, 0.2) is 0 Å². The second kappa shape index (κ2) is 6.76. The van der Waals surface area contributed by atoms with Gasteiger partial charge in [0.25, 0.3) is 5.56 Å². The van der Waals surface area contributed by atoms with Crippen LogP contribution in [0.25, 0.3) is 0 Å². The summed E-state index contributed by atoms with van der Waals surface area (Å²) in [6.07, 6.45) is -0.0111. The number of nitrogens with zero attached hydrogens (tertiary/aromatic N) is 2. The Bertz CT molecular complexity index is 882. The second-order valence-electron chi connectivity index (χ2n) is 5.99. The Morgan fingerprint density at radius 2 is 1.84 bits per heavy atom. The van der Waals surface area contributed by atoms with Crippen LogP contribution in [0.1, 0.15) is 30.4 Å². The van der Waals surface area contributed by atoms with Gasteiger partial charge in [0.05, 0.1) is 12.7 Å². The molecule has 1 aliphatic heterocycles. The summed E-state index contributed by atoms with van der Waals surface area (Å²) >= 11 is 0. The van der Waals surface area contributed by atoms with E-state index in [4.69, 9.17) is 14.2 Å². The van der Waals surface area contributed by atoms with E-state index in [-0.39, 0.29) is 17.4 Å². The van der Waals surface area contributed by atoms with Gasteiger partial charge in [0.1, 0.15) is 5.75 Å². The van der Waals surface area contributed by atoms with Crippen LogP contribution in [0.4, 0.5) is 0 Å². The number of methoxy groups -OCH3 is 1. The molecule has 0 unspecified atom stereocenters. The molecule has 25 heavy (non-hydrogen) atoms. The van der Waals surface area contributed by atoms with Crippen molar-refractivity contribution >= 4 is 0 Å². The molecular formula is C18H22N2O5. The maximum Gasteiger partial charge on any atom is 0.333 e. The van der Waals surface area contributed by atoms with E-state index >= 15 is 0 Å². The van der Waals surface area contributed by atoms with E-state index in [1.807, 2.05) is 31.2 Å². The smallest absolute Gasteiger partial charge is 0.333 e. The molecule has 7 nitrogen and oxygen atoms in total. The lowest BCUT2D eigenvalue weighted by Crippen LogP contribution is -2.44. The number of ether oxygens (including phenoxy) is 3. The zero-order valence-corrected chi connectivity index (χ0v) is 14.8. The van der Waals surface area contributed by atoms with Gasteiger partial charge in [-0.2, -0.15) is 0 Å². The summed E-state index contributed by atoms with van der Waals surface area (Å²) in [4.78, 5) is 25.0. The van der Waals surface area contributed by atoms with Crippen molar-refractivity contribution in [3.63, 3.8) is 0 Å². The summed E-state index contributed by atoms with van der Waals surface area (Å²) in [5, 5.41) is 0. The van der Waals surface area contributed by atoms with Gasteiger partial charge in [0, 0.05) is 33.0 Å². The molecule has 3 rings (SSSR count). The minimum Gasteiger partial charge on any atom is -0.497 e. The van der Waals surface area contributed by atoms with Gasteiger partial charge in [-0.3, -0.25) is 13.9 Å². The van der Waals surface area contributed by atoms with E-state index in [2.05, 4.69) is 0 Å². The lowest BCUT2D eigenvalue weighted by Gasteiger charge is -2.32. The molecule has 1 aromatic carbocycles. The van der Waals surface area contributed by atoms with Crippen molar-refractivity contribution in [2.45, 2.75) is 25.6 Å². The Labute approximate surface area is 145 Å². The molecule has 0 saturated heterocycles. The monoisotopic (exact) mass is 346 g/mol. The zero-order chi connectivity index (χ0) is 18.1. The molecule has 0 aliphatic carbocycles. The summed E-state index contributed by atoms with van der Waals surface area (Å²) in [7, 11) is 4.68. The third kappa shape index (κ3) is 2.95. The van der Waals surface area contributed by atoms with Crippen LogP contribution in [0, 0.1) is 0 Å². The molecule has 0 bridgehead atoms. The molecular weight excluding hydrogens is 324 g/mol. The third-order valence-electron chi connectivity index (χ3n) is 4.53. The fourth-order valence-corrected chi connectivity index (χ4v) is 3.20. The highest BCUT2D eigenvalue weighted by Gasteiger charge is 2.35. The number of benzene rings is 1. The number of hydrogen-bond acceptors (Lipinski definition) is 5. The fraction of sp³-hybridized carbons (Fsp3) is 0.444. The highest BCUT2D eigenvalue weighted by Crippen LogP contribution is 2.38. The van der Waals surface area contributed by atoms with E-state index in [0.29, 0.717) is 18.6 Å². The molecule has 2 aromatic rings. The van der Waals surface area contributed by atoms with E-state index in [0.717, 1.165) is 15.9 Å². The quantitative estimate of drug-likeness (QED) is 0.836. The van der Waals surface area contributed by atoms with Gasteiger partial charge in [0.2, 0.25) is 12.2 Å². The van der Waals surface area contributed by atoms with Gasteiger partial charge in [-0.25, -0.2) is 4.79 Å². The molecule has 0 N–H and O–H groups in total. The first kappa shape index (κ1) is 17.3. The van der Waals surface area contributed by atoms with Gasteiger partial charge < -0.3 is 14.2 Å². The summed E-state index contributed by atoms with van der Waals surface area (Å²) < 4.78 is 19.1. The molecule has 0 fully saturated rings. The molecule has 7 heteroatoms. The lowest BCUT2D eigenvalue weighted by molar-refractivity contribution is -0.0943. The summed E-state index contributed by atoms with van der Waals surface area (Å²) in [6.45, 7) is 2.36. The number of aromatic nitrogens is 2. The number of rotatable bonds is 4. The van der Waals surface area contributed by atoms with Crippen molar-refractivity contribution in [1.82, 2.24) is 9.13 Å². The maximum atomic E-state index is 12.8. The van der Waals surface area contributed by atoms with Crippen molar-refractivity contribution in [1.29, 1.82) is 0 Å². The van der Waals surface area contributed by atoms with Crippen molar-refractivity contribution in [3.05, 3.63) is 56.2 Å². The normalized spacial score (nSPS) is 19.2. The van der Waals surface area contributed by atoms with E-state index < -0.39 is 12.0 Å². The van der Waals surface area contributed by atoms with Crippen molar-refractivity contribution < 1.29 is 14.2 Å². The minimum absolute atomic E-state index is 0.225. The van der Waals surface area contributed by atoms with Crippen molar-refractivity contribution in [2.75, 3.05) is 13.7 Å². The number of hydrogen-bond donors (Lipinski definition) is 0. The first-order chi connectivity index (χ1) is 12.0. The molecule has 1 aliphatic rings. The van der Waals surface area contributed by atoms with Crippen LogP contribution in [-0.4, -0.2) is 29.1 Å². The summed E-state index contributed by atoms with van der Waals surface area (Å²) in [5.74, 6) is 0.793. The van der Waals surface area contributed by atoms with Gasteiger partial charge in [-0.05, 0) is 24.6 Å². The highest BCUT2D eigenvalue weighted by molar-refractivity contribution is 5.41. The largest absolute Gasteiger partial charge is 0.497 e.